The monoisotopic (exact) mass is 345 g/mol. The molecule has 1 atom stereocenters. The summed E-state index contributed by atoms with van der Waals surface area (Å²) in [6.45, 7) is 2.38. The summed E-state index contributed by atoms with van der Waals surface area (Å²) in [4.78, 5) is 26.2. The number of carboxylic acid groups (broad SMARTS) is 1. The molecular weight excluding hydrogens is 318 g/mol. The van der Waals surface area contributed by atoms with Crippen LogP contribution in [0.25, 0.3) is 0 Å². The SMILES string of the molecule is CC1CCC(C(C(=O)O)N(C(=O)OCc2ccccc2)C2CC2)CC1. The first-order chi connectivity index (χ1) is 12.1. The van der Waals surface area contributed by atoms with Crippen molar-refractivity contribution in [1.82, 2.24) is 4.90 Å². The van der Waals surface area contributed by atoms with Crippen molar-refractivity contribution in [2.75, 3.05) is 0 Å². The van der Waals surface area contributed by atoms with Crippen LogP contribution in [0.5, 0.6) is 0 Å². The molecule has 1 amide bonds. The number of carboxylic acids is 1. The van der Waals surface area contributed by atoms with Crippen LogP contribution in [0.4, 0.5) is 4.79 Å². The fraction of sp³-hybridized carbons (Fsp3) is 0.600. The zero-order valence-corrected chi connectivity index (χ0v) is 14.8. The molecule has 0 radical (unpaired) electrons. The summed E-state index contributed by atoms with van der Waals surface area (Å²) in [5.41, 5.74) is 0.907. The van der Waals surface area contributed by atoms with Crippen molar-refractivity contribution in [3.8, 4) is 0 Å². The van der Waals surface area contributed by atoms with Gasteiger partial charge in [-0.05, 0) is 43.1 Å². The Bertz CT molecular complexity index is 591. The van der Waals surface area contributed by atoms with Gasteiger partial charge in [0, 0.05) is 6.04 Å². The predicted octanol–water partition coefficient (Wildman–Crippen LogP) is 4.07. The Kier molecular flexibility index (Phi) is 5.61. The number of benzene rings is 1. The molecule has 2 aliphatic rings. The summed E-state index contributed by atoms with van der Waals surface area (Å²) < 4.78 is 5.46. The van der Waals surface area contributed by atoms with Crippen LogP contribution in [0.15, 0.2) is 30.3 Å². The number of ether oxygens (including phenoxy) is 1. The molecule has 1 N–H and O–H groups in total. The fourth-order valence-corrected chi connectivity index (χ4v) is 3.79. The lowest BCUT2D eigenvalue weighted by atomic mass is 9.78. The highest BCUT2D eigenvalue weighted by Crippen LogP contribution is 2.37. The molecule has 1 aromatic rings. The second kappa shape index (κ2) is 7.89. The van der Waals surface area contributed by atoms with E-state index in [4.69, 9.17) is 4.74 Å². The molecule has 0 aromatic heterocycles. The first kappa shape index (κ1) is 17.8. The lowest BCUT2D eigenvalue weighted by molar-refractivity contribution is -0.146. The summed E-state index contributed by atoms with van der Waals surface area (Å²) in [7, 11) is 0. The van der Waals surface area contributed by atoms with Gasteiger partial charge in [-0.3, -0.25) is 4.90 Å². The van der Waals surface area contributed by atoms with E-state index in [1.807, 2.05) is 30.3 Å². The van der Waals surface area contributed by atoms with E-state index in [1.54, 1.807) is 0 Å². The molecule has 0 aliphatic heterocycles. The van der Waals surface area contributed by atoms with Crippen LogP contribution in [0.1, 0.15) is 51.0 Å². The van der Waals surface area contributed by atoms with Crippen molar-refractivity contribution >= 4 is 12.1 Å². The molecule has 0 heterocycles. The molecule has 2 fully saturated rings. The van der Waals surface area contributed by atoms with E-state index >= 15 is 0 Å². The van der Waals surface area contributed by atoms with Crippen LogP contribution in [0, 0.1) is 11.8 Å². The van der Waals surface area contributed by atoms with Crippen molar-refractivity contribution in [2.24, 2.45) is 11.8 Å². The maximum absolute atomic E-state index is 12.7. The Hall–Kier alpha value is -2.04. The molecule has 1 aromatic carbocycles. The molecule has 0 saturated heterocycles. The second-order valence-corrected chi connectivity index (χ2v) is 7.48. The molecular formula is C20H27NO4. The highest BCUT2D eigenvalue weighted by atomic mass is 16.6. The van der Waals surface area contributed by atoms with Crippen molar-refractivity contribution in [3.05, 3.63) is 35.9 Å². The van der Waals surface area contributed by atoms with Crippen molar-refractivity contribution in [1.29, 1.82) is 0 Å². The minimum Gasteiger partial charge on any atom is -0.480 e. The van der Waals surface area contributed by atoms with Gasteiger partial charge < -0.3 is 9.84 Å². The summed E-state index contributed by atoms with van der Waals surface area (Å²) in [6.07, 6.45) is 5.05. The fourth-order valence-electron chi connectivity index (χ4n) is 3.79. The molecule has 1 unspecified atom stereocenters. The maximum Gasteiger partial charge on any atom is 0.411 e. The van der Waals surface area contributed by atoms with Gasteiger partial charge in [0.2, 0.25) is 0 Å². The normalized spacial score (nSPS) is 24.4. The van der Waals surface area contributed by atoms with E-state index in [2.05, 4.69) is 6.92 Å². The summed E-state index contributed by atoms with van der Waals surface area (Å²) in [5.74, 6) is -0.230. The van der Waals surface area contributed by atoms with Crippen LogP contribution in [0.3, 0.4) is 0 Å². The predicted molar refractivity (Wildman–Crippen MR) is 94.0 cm³/mol. The lowest BCUT2D eigenvalue weighted by Crippen LogP contribution is -2.51. The van der Waals surface area contributed by atoms with E-state index in [1.165, 1.54) is 4.90 Å². The molecule has 2 aliphatic carbocycles. The van der Waals surface area contributed by atoms with Gasteiger partial charge in [0.1, 0.15) is 12.6 Å². The highest BCUT2D eigenvalue weighted by Gasteiger charge is 2.45. The van der Waals surface area contributed by atoms with Gasteiger partial charge in [-0.25, -0.2) is 9.59 Å². The largest absolute Gasteiger partial charge is 0.480 e. The highest BCUT2D eigenvalue weighted by molar-refractivity contribution is 5.81. The third-order valence-corrected chi connectivity index (χ3v) is 5.42. The average molecular weight is 345 g/mol. The number of amides is 1. The number of nitrogens with zero attached hydrogens (tertiary/aromatic N) is 1. The van der Waals surface area contributed by atoms with Gasteiger partial charge >= 0.3 is 12.1 Å². The van der Waals surface area contributed by atoms with E-state index in [0.717, 1.165) is 44.1 Å². The van der Waals surface area contributed by atoms with Gasteiger partial charge in [0.25, 0.3) is 0 Å². The Labute approximate surface area is 149 Å². The summed E-state index contributed by atoms with van der Waals surface area (Å²) in [5, 5.41) is 9.82. The third-order valence-electron chi connectivity index (χ3n) is 5.42. The Morgan fingerprint density at radius 3 is 2.32 bits per heavy atom. The van der Waals surface area contributed by atoms with E-state index < -0.39 is 18.1 Å². The number of hydrogen-bond donors (Lipinski definition) is 1. The Morgan fingerprint density at radius 2 is 1.76 bits per heavy atom. The first-order valence-corrected chi connectivity index (χ1v) is 9.28. The average Bonchev–Trinajstić information content (AvgIpc) is 3.44. The van der Waals surface area contributed by atoms with E-state index in [9.17, 15) is 14.7 Å². The third kappa shape index (κ3) is 4.53. The molecule has 0 spiro atoms. The van der Waals surface area contributed by atoms with Crippen LogP contribution in [0.2, 0.25) is 0 Å². The number of hydrogen-bond acceptors (Lipinski definition) is 3. The van der Waals surface area contributed by atoms with Crippen molar-refractivity contribution < 1.29 is 19.4 Å². The van der Waals surface area contributed by atoms with Crippen LogP contribution < -0.4 is 0 Å². The number of carbonyl (C=O) groups is 2. The van der Waals surface area contributed by atoms with Crippen LogP contribution in [-0.4, -0.2) is 34.2 Å². The molecule has 2 saturated carbocycles. The molecule has 136 valence electrons. The van der Waals surface area contributed by atoms with Gasteiger partial charge in [-0.15, -0.1) is 0 Å². The molecule has 25 heavy (non-hydrogen) atoms. The number of carbonyl (C=O) groups excluding carboxylic acids is 1. The topological polar surface area (TPSA) is 66.8 Å². The van der Waals surface area contributed by atoms with Crippen LogP contribution >= 0.6 is 0 Å². The lowest BCUT2D eigenvalue weighted by Gasteiger charge is -2.37. The zero-order valence-electron chi connectivity index (χ0n) is 14.8. The minimum absolute atomic E-state index is 0.0173. The quantitative estimate of drug-likeness (QED) is 0.844. The van der Waals surface area contributed by atoms with E-state index in [-0.39, 0.29) is 18.6 Å². The molecule has 5 nitrogen and oxygen atoms in total. The van der Waals surface area contributed by atoms with Crippen LogP contribution in [-0.2, 0) is 16.1 Å². The summed E-state index contributed by atoms with van der Waals surface area (Å²) >= 11 is 0. The molecule has 0 bridgehead atoms. The Morgan fingerprint density at radius 1 is 1.12 bits per heavy atom. The summed E-state index contributed by atoms with van der Waals surface area (Å²) in [6, 6.07) is 8.74. The molecule has 5 heteroatoms. The van der Waals surface area contributed by atoms with Gasteiger partial charge in [0.15, 0.2) is 0 Å². The second-order valence-electron chi connectivity index (χ2n) is 7.48. The number of rotatable bonds is 6. The van der Waals surface area contributed by atoms with Gasteiger partial charge in [-0.2, -0.15) is 0 Å². The smallest absolute Gasteiger partial charge is 0.411 e. The standard InChI is InChI=1S/C20H27NO4/c1-14-7-9-16(10-8-14)18(19(22)23)21(17-11-12-17)20(24)25-13-15-5-3-2-4-6-15/h2-6,14,16-18H,7-13H2,1H3,(H,22,23). The van der Waals surface area contributed by atoms with Crippen molar-refractivity contribution in [3.63, 3.8) is 0 Å². The first-order valence-electron chi connectivity index (χ1n) is 9.28. The van der Waals surface area contributed by atoms with E-state index in [0.29, 0.717) is 5.92 Å². The zero-order chi connectivity index (χ0) is 17.8. The van der Waals surface area contributed by atoms with Crippen molar-refractivity contribution in [2.45, 2.75) is 64.1 Å². The van der Waals surface area contributed by atoms with Gasteiger partial charge in [0.05, 0.1) is 0 Å². The van der Waals surface area contributed by atoms with Gasteiger partial charge in [-0.1, -0.05) is 50.1 Å². The minimum atomic E-state index is -0.900. The maximum atomic E-state index is 12.7. The molecule has 3 rings (SSSR count). The number of aliphatic carboxylic acids is 1. The Balaban J connectivity index is 1.69.